The molecule has 2 aromatic rings. The molecule has 0 aliphatic carbocycles. The van der Waals surface area contributed by atoms with Gasteiger partial charge in [0.15, 0.2) is 0 Å². The van der Waals surface area contributed by atoms with Crippen LogP contribution in [-0.4, -0.2) is 18.9 Å². The van der Waals surface area contributed by atoms with Gasteiger partial charge in [-0.25, -0.2) is 15.3 Å². The van der Waals surface area contributed by atoms with Gasteiger partial charge in [0.2, 0.25) is 6.23 Å². The SMILES string of the molecule is Cc1ccccc1C1N=C(C2(c3ccccc3)CCNCC2)NO1. The molecule has 4 nitrogen and oxygen atoms in total. The Hall–Kier alpha value is -2.17. The van der Waals surface area contributed by atoms with Crippen molar-refractivity contribution in [1.29, 1.82) is 0 Å². The number of benzene rings is 2. The Morgan fingerprint density at radius 2 is 1.71 bits per heavy atom. The maximum Gasteiger partial charge on any atom is 0.202 e. The Morgan fingerprint density at radius 1 is 1.00 bits per heavy atom. The van der Waals surface area contributed by atoms with E-state index in [2.05, 4.69) is 60.2 Å². The van der Waals surface area contributed by atoms with Gasteiger partial charge in [-0.15, -0.1) is 0 Å². The molecule has 0 spiro atoms. The Labute approximate surface area is 142 Å². The van der Waals surface area contributed by atoms with Gasteiger partial charge in [0.05, 0.1) is 5.41 Å². The molecule has 4 rings (SSSR count). The topological polar surface area (TPSA) is 45.7 Å². The van der Waals surface area contributed by atoms with Crippen molar-refractivity contribution in [1.82, 2.24) is 10.8 Å². The second-order valence-corrected chi connectivity index (χ2v) is 6.60. The zero-order valence-corrected chi connectivity index (χ0v) is 14.0. The van der Waals surface area contributed by atoms with Gasteiger partial charge in [-0.3, -0.25) is 0 Å². The van der Waals surface area contributed by atoms with E-state index in [9.17, 15) is 0 Å². The number of hydroxylamine groups is 1. The standard InChI is InChI=1S/C20H23N3O/c1-15-7-5-6-10-17(15)18-22-19(23-24-18)20(11-13-21-14-12-20)16-8-3-2-4-9-16/h2-10,18,21H,11-14H2,1H3,(H,22,23). The van der Waals surface area contributed by atoms with Crippen molar-refractivity contribution in [2.24, 2.45) is 4.99 Å². The van der Waals surface area contributed by atoms with E-state index in [0.717, 1.165) is 37.3 Å². The third kappa shape index (κ3) is 2.62. The normalized spacial score (nSPS) is 22.7. The number of aliphatic imine (C=N–C) groups is 1. The molecule has 124 valence electrons. The van der Waals surface area contributed by atoms with Crippen molar-refractivity contribution in [2.75, 3.05) is 13.1 Å². The number of hydrogen-bond acceptors (Lipinski definition) is 4. The Kier molecular flexibility index (Phi) is 4.08. The van der Waals surface area contributed by atoms with Gasteiger partial charge in [-0.1, -0.05) is 54.6 Å². The molecule has 0 amide bonds. The number of hydrogen-bond donors (Lipinski definition) is 2. The minimum absolute atomic E-state index is 0.0933. The van der Waals surface area contributed by atoms with Crippen LogP contribution in [0.5, 0.6) is 0 Å². The first-order valence-electron chi connectivity index (χ1n) is 8.61. The lowest BCUT2D eigenvalue weighted by Gasteiger charge is -2.37. The molecule has 1 fully saturated rings. The smallest absolute Gasteiger partial charge is 0.202 e. The molecule has 0 saturated carbocycles. The zero-order valence-electron chi connectivity index (χ0n) is 14.0. The van der Waals surface area contributed by atoms with Crippen molar-refractivity contribution in [3.63, 3.8) is 0 Å². The van der Waals surface area contributed by atoms with E-state index in [4.69, 9.17) is 9.83 Å². The summed E-state index contributed by atoms with van der Waals surface area (Å²) in [5.41, 5.74) is 6.71. The first-order chi connectivity index (χ1) is 11.8. The van der Waals surface area contributed by atoms with Crippen LogP contribution in [0.3, 0.4) is 0 Å². The van der Waals surface area contributed by atoms with E-state index in [-0.39, 0.29) is 11.6 Å². The molecule has 24 heavy (non-hydrogen) atoms. The van der Waals surface area contributed by atoms with E-state index in [1.807, 2.05) is 12.1 Å². The van der Waals surface area contributed by atoms with E-state index in [1.165, 1.54) is 11.1 Å². The van der Waals surface area contributed by atoms with Gasteiger partial charge >= 0.3 is 0 Å². The van der Waals surface area contributed by atoms with Crippen molar-refractivity contribution in [3.05, 3.63) is 71.3 Å². The highest BCUT2D eigenvalue weighted by Crippen LogP contribution is 2.38. The van der Waals surface area contributed by atoms with Crippen LogP contribution in [0, 0.1) is 6.92 Å². The van der Waals surface area contributed by atoms with E-state index in [1.54, 1.807) is 0 Å². The fourth-order valence-corrected chi connectivity index (χ4v) is 3.77. The highest BCUT2D eigenvalue weighted by molar-refractivity contribution is 5.93. The summed E-state index contributed by atoms with van der Waals surface area (Å²) in [6.45, 7) is 4.08. The first kappa shape index (κ1) is 15.4. The Bertz CT molecular complexity index is 736. The third-order valence-electron chi connectivity index (χ3n) is 5.20. The molecular weight excluding hydrogens is 298 g/mol. The summed E-state index contributed by atoms with van der Waals surface area (Å²) in [4.78, 5) is 10.8. The molecule has 2 heterocycles. The monoisotopic (exact) mass is 321 g/mol. The summed E-state index contributed by atoms with van der Waals surface area (Å²) in [5.74, 6) is 0.962. The number of nitrogens with zero attached hydrogens (tertiary/aromatic N) is 1. The molecule has 0 aromatic heterocycles. The maximum atomic E-state index is 5.86. The molecular formula is C20H23N3O. The first-order valence-corrected chi connectivity index (χ1v) is 8.61. The highest BCUT2D eigenvalue weighted by atomic mass is 16.7. The van der Waals surface area contributed by atoms with Crippen molar-refractivity contribution < 1.29 is 4.84 Å². The summed E-state index contributed by atoms with van der Waals surface area (Å²) in [7, 11) is 0. The zero-order chi connectivity index (χ0) is 16.4. The summed E-state index contributed by atoms with van der Waals surface area (Å²) >= 11 is 0. The maximum absolute atomic E-state index is 5.86. The largest absolute Gasteiger partial charge is 0.317 e. The lowest BCUT2D eigenvalue weighted by atomic mass is 9.72. The number of amidine groups is 1. The van der Waals surface area contributed by atoms with Crippen LogP contribution in [-0.2, 0) is 10.3 Å². The number of piperidine rings is 1. The predicted octanol–water partition coefficient (Wildman–Crippen LogP) is 3.25. The summed E-state index contributed by atoms with van der Waals surface area (Å²) in [6, 6.07) is 19.0. The van der Waals surface area contributed by atoms with E-state index < -0.39 is 0 Å². The van der Waals surface area contributed by atoms with Crippen LogP contribution in [0.4, 0.5) is 0 Å². The third-order valence-corrected chi connectivity index (χ3v) is 5.20. The van der Waals surface area contributed by atoms with Crippen LogP contribution >= 0.6 is 0 Å². The molecule has 2 aromatic carbocycles. The lowest BCUT2D eigenvalue weighted by molar-refractivity contribution is 0.0351. The van der Waals surface area contributed by atoms with E-state index in [0.29, 0.717) is 0 Å². The summed E-state index contributed by atoms with van der Waals surface area (Å²) in [6.07, 6.45) is 1.77. The van der Waals surface area contributed by atoms with Gasteiger partial charge in [0.25, 0.3) is 0 Å². The molecule has 4 heteroatoms. The molecule has 2 aliphatic heterocycles. The minimum atomic E-state index is -0.267. The number of nitrogens with one attached hydrogen (secondary N) is 2. The van der Waals surface area contributed by atoms with Crippen molar-refractivity contribution in [2.45, 2.75) is 31.4 Å². The second kappa shape index (κ2) is 6.38. The van der Waals surface area contributed by atoms with Crippen LogP contribution < -0.4 is 10.8 Å². The predicted molar refractivity (Wildman–Crippen MR) is 95.8 cm³/mol. The fourth-order valence-electron chi connectivity index (χ4n) is 3.77. The van der Waals surface area contributed by atoms with Gasteiger partial charge in [0, 0.05) is 5.56 Å². The molecule has 0 bridgehead atoms. The summed E-state index contributed by atoms with van der Waals surface area (Å²) < 4.78 is 0. The fraction of sp³-hybridized carbons (Fsp3) is 0.350. The van der Waals surface area contributed by atoms with Gasteiger partial charge in [-0.05, 0) is 44.0 Å². The van der Waals surface area contributed by atoms with Crippen LogP contribution in [0.1, 0.15) is 35.8 Å². The number of rotatable bonds is 3. The van der Waals surface area contributed by atoms with Gasteiger partial charge in [0.1, 0.15) is 5.84 Å². The second-order valence-electron chi connectivity index (χ2n) is 6.60. The quantitative estimate of drug-likeness (QED) is 0.912. The molecule has 2 N–H and O–H groups in total. The van der Waals surface area contributed by atoms with E-state index >= 15 is 0 Å². The van der Waals surface area contributed by atoms with Crippen LogP contribution in [0.25, 0.3) is 0 Å². The lowest BCUT2D eigenvalue weighted by Crippen LogP contribution is -2.49. The highest BCUT2D eigenvalue weighted by Gasteiger charge is 2.42. The number of aryl methyl sites for hydroxylation is 1. The van der Waals surface area contributed by atoms with Crippen LogP contribution in [0.15, 0.2) is 59.6 Å². The van der Waals surface area contributed by atoms with Gasteiger partial charge in [-0.2, -0.15) is 0 Å². The molecule has 1 unspecified atom stereocenters. The molecule has 2 aliphatic rings. The van der Waals surface area contributed by atoms with Crippen molar-refractivity contribution in [3.8, 4) is 0 Å². The Balaban J connectivity index is 1.72. The average molecular weight is 321 g/mol. The minimum Gasteiger partial charge on any atom is -0.317 e. The molecule has 1 saturated heterocycles. The average Bonchev–Trinajstić information content (AvgIpc) is 3.14. The van der Waals surface area contributed by atoms with Gasteiger partial charge < -0.3 is 5.32 Å². The Morgan fingerprint density at radius 3 is 2.46 bits per heavy atom. The van der Waals surface area contributed by atoms with Crippen LogP contribution in [0.2, 0.25) is 0 Å². The summed E-state index contributed by atoms with van der Waals surface area (Å²) in [5, 5.41) is 3.46. The molecule has 1 atom stereocenters. The van der Waals surface area contributed by atoms with Crippen molar-refractivity contribution >= 4 is 5.84 Å². The molecule has 0 radical (unpaired) electrons.